The largest absolute Gasteiger partial charge is 0.481 e. The van der Waals surface area contributed by atoms with Gasteiger partial charge < -0.3 is 15.7 Å². The molecule has 0 heterocycles. The lowest BCUT2D eigenvalue weighted by Crippen LogP contribution is -2.37. The summed E-state index contributed by atoms with van der Waals surface area (Å²) in [5.74, 6) is -1.69. The van der Waals surface area contributed by atoms with E-state index in [1.807, 2.05) is 0 Å². The number of benzene rings is 1. The Balaban J connectivity index is 2.71. The number of carbonyl (C=O) groups excluding carboxylic acids is 1. The number of amides is 2. The van der Waals surface area contributed by atoms with Crippen molar-refractivity contribution in [3.63, 3.8) is 0 Å². The van der Waals surface area contributed by atoms with Gasteiger partial charge in [0.25, 0.3) is 0 Å². The molecule has 1 rings (SSSR count). The summed E-state index contributed by atoms with van der Waals surface area (Å²) in [5, 5.41) is 14.8. The molecule has 0 fully saturated rings. The highest BCUT2D eigenvalue weighted by molar-refractivity contribution is 6.40. The predicted octanol–water partition coefficient (Wildman–Crippen LogP) is 3.78. The first-order valence-electron chi connectivity index (χ1n) is 6.46. The van der Waals surface area contributed by atoms with Crippen LogP contribution in [0.5, 0.6) is 0 Å². The van der Waals surface area contributed by atoms with Crippen molar-refractivity contribution in [3.05, 3.63) is 27.7 Å². The van der Waals surface area contributed by atoms with E-state index < -0.39 is 17.9 Å². The Labute approximate surface area is 133 Å². The first kappa shape index (κ1) is 17.6. The minimum absolute atomic E-state index is 0.0277. The summed E-state index contributed by atoms with van der Waals surface area (Å²) in [7, 11) is 0. The maximum Gasteiger partial charge on any atom is 0.319 e. The van der Waals surface area contributed by atoms with Crippen LogP contribution in [0.25, 0.3) is 0 Å². The summed E-state index contributed by atoms with van der Waals surface area (Å²) in [6.45, 7) is 5.39. The van der Waals surface area contributed by atoms with Gasteiger partial charge in [-0.1, -0.05) is 43.1 Å². The van der Waals surface area contributed by atoms with E-state index in [1.54, 1.807) is 32.9 Å². The lowest BCUT2D eigenvalue weighted by molar-refractivity contribution is -0.142. The molecule has 116 valence electrons. The van der Waals surface area contributed by atoms with Crippen molar-refractivity contribution in [2.45, 2.75) is 20.8 Å². The predicted molar refractivity (Wildman–Crippen MR) is 84.2 cm³/mol. The molecule has 3 N–H and O–H groups in total. The van der Waals surface area contributed by atoms with Crippen LogP contribution in [-0.4, -0.2) is 23.7 Å². The molecular weight excluding hydrogens is 315 g/mol. The molecule has 0 aliphatic rings. The molecule has 1 aromatic carbocycles. The minimum Gasteiger partial charge on any atom is -0.481 e. The number of aryl methyl sites for hydroxylation is 1. The van der Waals surface area contributed by atoms with Gasteiger partial charge in [0.2, 0.25) is 0 Å². The Morgan fingerprint density at radius 3 is 2.43 bits per heavy atom. The minimum atomic E-state index is -0.947. The smallest absolute Gasteiger partial charge is 0.319 e. The van der Waals surface area contributed by atoms with Crippen LogP contribution in [0.3, 0.4) is 0 Å². The third-order valence-corrected chi connectivity index (χ3v) is 3.93. The molecule has 2 amide bonds. The topological polar surface area (TPSA) is 78.4 Å². The van der Waals surface area contributed by atoms with E-state index in [1.165, 1.54) is 0 Å². The van der Waals surface area contributed by atoms with Crippen LogP contribution in [0.4, 0.5) is 10.5 Å². The van der Waals surface area contributed by atoms with E-state index in [0.717, 1.165) is 5.56 Å². The van der Waals surface area contributed by atoms with Crippen LogP contribution in [0.2, 0.25) is 10.0 Å². The Bertz CT molecular complexity index is 547. The summed E-state index contributed by atoms with van der Waals surface area (Å²) in [4.78, 5) is 22.9. The first-order chi connectivity index (χ1) is 9.73. The van der Waals surface area contributed by atoms with Crippen molar-refractivity contribution in [2.24, 2.45) is 11.8 Å². The van der Waals surface area contributed by atoms with Crippen molar-refractivity contribution in [1.82, 2.24) is 5.32 Å². The maximum atomic E-state index is 11.8. The maximum absolute atomic E-state index is 11.8. The summed E-state index contributed by atoms with van der Waals surface area (Å²) in [6.07, 6.45) is 0. The van der Waals surface area contributed by atoms with Crippen LogP contribution in [0, 0.1) is 18.8 Å². The van der Waals surface area contributed by atoms with E-state index in [9.17, 15) is 9.59 Å². The first-order valence-corrected chi connectivity index (χ1v) is 7.21. The molecule has 0 saturated heterocycles. The average Bonchev–Trinajstić information content (AvgIpc) is 2.38. The van der Waals surface area contributed by atoms with E-state index in [4.69, 9.17) is 28.3 Å². The highest BCUT2D eigenvalue weighted by atomic mass is 35.5. The van der Waals surface area contributed by atoms with Crippen molar-refractivity contribution in [3.8, 4) is 0 Å². The molecule has 1 unspecified atom stereocenters. The second kappa shape index (κ2) is 7.52. The molecule has 0 aliphatic heterocycles. The summed E-state index contributed by atoms with van der Waals surface area (Å²) in [6, 6.07) is 2.83. The highest BCUT2D eigenvalue weighted by Crippen LogP contribution is 2.32. The van der Waals surface area contributed by atoms with Crippen molar-refractivity contribution < 1.29 is 14.7 Å². The van der Waals surface area contributed by atoms with Crippen molar-refractivity contribution in [1.29, 1.82) is 0 Å². The molecule has 0 aliphatic carbocycles. The second-order valence-corrected chi connectivity index (χ2v) is 5.86. The SMILES string of the molecule is Cc1ccc(Cl)c(NC(=O)NCC(C(=O)O)C(C)C)c1Cl. The van der Waals surface area contributed by atoms with Crippen LogP contribution >= 0.6 is 23.2 Å². The number of rotatable bonds is 5. The number of hydrogen-bond acceptors (Lipinski definition) is 2. The second-order valence-electron chi connectivity index (χ2n) is 5.08. The molecule has 0 aromatic heterocycles. The summed E-state index contributed by atoms with van der Waals surface area (Å²) in [5.41, 5.74) is 1.09. The summed E-state index contributed by atoms with van der Waals surface area (Å²) >= 11 is 12.1. The van der Waals surface area contributed by atoms with Crippen LogP contribution in [0.15, 0.2) is 12.1 Å². The zero-order valence-electron chi connectivity index (χ0n) is 12.0. The average molecular weight is 333 g/mol. The number of anilines is 1. The molecule has 0 spiro atoms. The number of urea groups is 1. The molecule has 0 bridgehead atoms. The molecule has 21 heavy (non-hydrogen) atoms. The number of carboxylic acid groups (broad SMARTS) is 1. The fourth-order valence-corrected chi connectivity index (χ4v) is 2.20. The van der Waals surface area contributed by atoms with Gasteiger partial charge in [-0.2, -0.15) is 0 Å². The fourth-order valence-electron chi connectivity index (χ4n) is 1.74. The quantitative estimate of drug-likeness (QED) is 0.767. The van der Waals surface area contributed by atoms with Gasteiger partial charge in [0, 0.05) is 6.54 Å². The third-order valence-electron chi connectivity index (χ3n) is 3.13. The molecular formula is C14H18Cl2N2O3. The summed E-state index contributed by atoms with van der Waals surface area (Å²) < 4.78 is 0. The molecule has 1 atom stereocenters. The number of aliphatic carboxylic acids is 1. The van der Waals surface area contributed by atoms with E-state index in [-0.39, 0.29) is 12.5 Å². The fraction of sp³-hybridized carbons (Fsp3) is 0.429. The lowest BCUT2D eigenvalue weighted by Gasteiger charge is -2.17. The van der Waals surface area contributed by atoms with Crippen LogP contribution in [-0.2, 0) is 4.79 Å². The van der Waals surface area contributed by atoms with Gasteiger partial charge in [-0.15, -0.1) is 0 Å². The number of halogens is 2. The Kier molecular flexibility index (Phi) is 6.30. The number of carboxylic acids is 1. The van der Waals surface area contributed by atoms with Gasteiger partial charge in [-0.3, -0.25) is 4.79 Å². The van der Waals surface area contributed by atoms with Gasteiger partial charge in [0.1, 0.15) is 0 Å². The van der Waals surface area contributed by atoms with Gasteiger partial charge in [-0.25, -0.2) is 4.79 Å². The molecule has 7 heteroatoms. The van der Waals surface area contributed by atoms with Crippen molar-refractivity contribution in [2.75, 3.05) is 11.9 Å². The van der Waals surface area contributed by atoms with Gasteiger partial charge >= 0.3 is 12.0 Å². The van der Waals surface area contributed by atoms with E-state index in [2.05, 4.69) is 10.6 Å². The van der Waals surface area contributed by atoms with E-state index >= 15 is 0 Å². The van der Waals surface area contributed by atoms with Gasteiger partial charge in [0.15, 0.2) is 0 Å². The molecule has 1 aromatic rings. The Morgan fingerprint density at radius 1 is 1.29 bits per heavy atom. The molecule has 5 nitrogen and oxygen atoms in total. The Morgan fingerprint density at radius 2 is 1.90 bits per heavy atom. The van der Waals surface area contributed by atoms with Crippen LogP contribution < -0.4 is 10.6 Å². The highest BCUT2D eigenvalue weighted by Gasteiger charge is 2.22. The van der Waals surface area contributed by atoms with Gasteiger partial charge in [-0.05, 0) is 24.5 Å². The van der Waals surface area contributed by atoms with E-state index in [0.29, 0.717) is 15.7 Å². The molecule has 0 radical (unpaired) electrons. The number of hydrogen-bond donors (Lipinski definition) is 3. The lowest BCUT2D eigenvalue weighted by atomic mass is 9.96. The zero-order chi connectivity index (χ0) is 16.2. The van der Waals surface area contributed by atoms with Crippen molar-refractivity contribution >= 4 is 40.9 Å². The number of carbonyl (C=O) groups is 2. The monoisotopic (exact) mass is 332 g/mol. The molecule has 0 saturated carbocycles. The zero-order valence-corrected chi connectivity index (χ0v) is 13.5. The van der Waals surface area contributed by atoms with Gasteiger partial charge in [0.05, 0.1) is 21.7 Å². The Hall–Kier alpha value is -1.46. The normalized spacial score (nSPS) is 12.1. The standard InChI is InChI=1S/C14H18Cl2N2O3/c1-7(2)9(13(19)20)6-17-14(21)18-12-10(15)5-4-8(3)11(12)16/h4-5,7,9H,6H2,1-3H3,(H,19,20)(H2,17,18,21). The third kappa shape index (κ3) is 4.79. The number of nitrogens with one attached hydrogen (secondary N) is 2. The van der Waals surface area contributed by atoms with Crippen LogP contribution in [0.1, 0.15) is 19.4 Å².